The number of thiazole rings is 1. The number of hydrogen-bond donors (Lipinski definition) is 1. The van der Waals surface area contributed by atoms with Gasteiger partial charge in [0.15, 0.2) is 0 Å². The Morgan fingerprint density at radius 1 is 1.45 bits per heavy atom. The summed E-state index contributed by atoms with van der Waals surface area (Å²) in [7, 11) is 0. The second kappa shape index (κ2) is 8.00. The number of nitrogens with zero attached hydrogens (tertiary/aromatic N) is 4. The fourth-order valence-corrected chi connectivity index (χ4v) is 3.80. The lowest BCUT2D eigenvalue weighted by atomic mass is 10.1. The minimum absolute atomic E-state index is 0.204. The number of halogens is 1. The maximum absolute atomic E-state index is 14.8. The number of anilines is 1. The summed E-state index contributed by atoms with van der Waals surface area (Å²) in [6, 6.07) is 6.39. The van der Waals surface area contributed by atoms with Crippen molar-refractivity contribution in [2.75, 3.05) is 18.0 Å². The molecule has 1 atom stereocenters. The van der Waals surface area contributed by atoms with Gasteiger partial charge in [-0.3, -0.25) is 14.4 Å². The monoisotopic (exact) mass is 415 g/mol. The van der Waals surface area contributed by atoms with E-state index in [-0.39, 0.29) is 19.0 Å². The largest absolute Gasteiger partial charge is 0.442 e. The first-order valence-corrected chi connectivity index (χ1v) is 9.82. The van der Waals surface area contributed by atoms with E-state index in [1.54, 1.807) is 28.4 Å². The molecule has 2 amide bonds. The Bertz CT molecular complexity index is 1040. The van der Waals surface area contributed by atoms with Crippen LogP contribution in [0.2, 0.25) is 0 Å². The standard InChI is InChI=1S/C19H18FN5O3S/c1-12(26)21-8-14-9-25(19(27)28-14)13-3-4-15(16(20)7-13)17-11-29-18(23-17)10-24-6-2-5-22-24/h2-7,11,14H,8-10H2,1H3,(H,21,26). The highest BCUT2D eigenvalue weighted by molar-refractivity contribution is 7.09. The summed E-state index contributed by atoms with van der Waals surface area (Å²) in [6.45, 7) is 2.37. The molecule has 2 aromatic heterocycles. The number of hydrogen-bond acceptors (Lipinski definition) is 6. The van der Waals surface area contributed by atoms with Gasteiger partial charge in [-0.25, -0.2) is 14.2 Å². The van der Waals surface area contributed by atoms with E-state index >= 15 is 0 Å². The second-order valence-electron chi connectivity index (χ2n) is 6.55. The van der Waals surface area contributed by atoms with E-state index in [0.29, 0.717) is 23.5 Å². The van der Waals surface area contributed by atoms with Crippen LogP contribution in [0.15, 0.2) is 42.0 Å². The molecule has 1 N–H and O–H groups in total. The van der Waals surface area contributed by atoms with E-state index in [1.807, 2.05) is 12.3 Å². The van der Waals surface area contributed by atoms with Gasteiger partial charge in [0.1, 0.15) is 16.9 Å². The van der Waals surface area contributed by atoms with Crippen molar-refractivity contribution in [2.45, 2.75) is 19.6 Å². The molecule has 0 aliphatic carbocycles. The summed E-state index contributed by atoms with van der Waals surface area (Å²) >= 11 is 1.43. The highest BCUT2D eigenvalue weighted by Gasteiger charge is 2.32. The molecule has 0 radical (unpaired) electrons. The van der Waals surface area contributed by atoms with Gasteiger partial charge in [0.25, 0.3) is 0 Å². The van der Waals surface area contributed by atoms with Gasteiger partial charge in [0, 0.05) is 30.3 Å². The second-order valence-corrected chi connectivity index (χ2v) is 7.49. The number of carbonyl (C=O) groups excluding carboxylic acids is 2. The van der Waals surface area contributed by atoms with Crippen LogP contribution in [0.5, 0.6) is 0 Å². The van der Waals surface area contributed by atoms with E-state index < -0.39 is 18.0 Å². The molecular weight excluding hydrogens is 397 g/mol. The molecule has 3 heterocycles. The Hall–Kier alpha value is -3.27. The number of amides is 2. The average Bonchev–Trinajstić information content (AvgIpc) is 3.42. The average molecular weight is 415 g/mol. The van der Waals surface area contributed by atoms with E-state index in [9.17, 15) is 14.0 Å². The Morgan fingerprint density at radius 2 is 2.31 bits per heavy atom. The molecule has 0 saturated carbocycles. The van der Waals surface area contributed by atoms with Gasteiger partial charge in [-0.2, -0.15) is 5.10 Å². The zero-order valence-electron chi connectivity index (χ0n) is 15.5. The van der Waals surface area contributed by atoms with Crippen LogP contribution in [0.4, 0.5) is 14.9 Å². The molecule has 1 aliphatic heterocycles. The van der Waals surface area contributed by atoms with Gasteiger partial charge < -0.3 is 10.1 Å². The summed E-state index contributed by atoms with van der Waals surface area (Å²) in [6.07, 6.45) is 2.49. The number of carbonyl (C=O) groups is 2. The summed E-state index contributed by atoms with van der Waals surface area (Å²) in [5.41, 5.74) is 1.29. The fraction of sp³-hybridized carbons (Fsp3) is 0.263. The van der Waals surface area contributed by atoms with Crippen molar-refractivity contribution >= 4 is 29.0 Å². The van der Waals surface area contributed by atoms with Crippen molar-refractivity contribution in [3.05, 3.63) is 52.9 Å². The van der Waals surface area contributed by atoms with Crippen LogP contribution in [0.1, 0.15) is 11.9 Å². The third-order valence-corrected chi connectivity index (χ3v) is 5.23. The Kier molecular flexibility index (Phi) is 5.26. The van der Waals surface area contributed by atoms with Crippen molar-refractivity contribution in [2.24, 2.45) is 0 Å². The topological polar surface area (TPSA) is 89.4 Å². The quantitative estimate of drug-likeness (QED) is 0.669. The van der Waals surface area contributed by atoms with E-state index in [0.717, 1.165) is 5.01 Å². The van der Waals surface area contributed by atoms with Crippen LogP contribution in [0.25, 0.3) is 11.3 Å². The molecule has 1 saturated heterocycles. The van der Waals surface area contributed by atoms with Gasteiger partial charge in [0.05, 0.1) is 31.0 Å². The van der Waals surface area contributed by atoms with Crippen LogP contribution in [0.3, 0.4) is 0 Å². The van der Waals surface area contributed by atoms with Crippen molar-refractivity contribution in [1.82, 2.24) is 20.1 Å². The minimum Gasteiger partial charge on any atom is -0.442 e. The summed E-state index contributed by atoms with van der Waals surface area (Å²) in [5, 5.41) is 9.36. The number of nitrogens with one attached hydrogen (secondary N) is 1. The Balaban J connectivity index is 1.48. The van der Waals surface area contributed by atoms with Gasteiger partial charge in [-0.1, -0.05) is 0 Å². The molecule has 4 rings (SSSR count). The van der Waals surface area contributed by atoms with Crippen LogP contribution in [-0.2, 0) is 16.1 Å². The molecular formula is C19H18FN5O3S. The van der Waals surface area contributed by atoms with Crippen LogP contribution < -0.4 is 10.2 Å². The highest BCUT2D eigenvalue weighted by atomic mass is 32.1. The van der Waals surface area contributed by atoms with Crippen molar-refractivity contribution in [3.8, 4) is 11.3 Å². The van der Waals surface area contributed by atoms with Gasteiger partial charge in [0.2, 0.25) is 5.91 Å². The zero-order chi connectivity index (χ0) is 20.4. The normalized spacial score (nSPS) is 16.1. The molecule has 3 aromatic rings. The summed E-state index contributed by atoms with van der Waals surface area (Å²) in [5.74, 6) is -0.679. The number of cyclic esters (lactones) is 1. The molecule has 1 fully saturated rings. The highest BCUT2D eigenvalue weighted by Crippen LogP contribution is 2.30. The number of benzene rings is 1. The van der Waals surface area contributed by atoms with Crippen LogP contribution >= 0.6 is 11.3 Å². The van der Waals surface area contributed by atoms with Gasteiger partial charge in [-0.15, -0.1) is 11.3 Å². The van der Waals surface area contributed by atoms with Crippen LogP contribution in [-0.4, -0.2) is 46.0 Å². The number of rotatable bonds is 6. The summed E-state index contributed by atoms with van der Waals surface area (Å²) < 4.78 is 21.7. The maximum Gasteiger partial charge on any atom is 0.414 e. The molecule has 1 unspecified atom stereocenters. The lowest BCUT2D eigenvalue weighted by molar-refractivity contribution is -0.119. The first-order chi connectivity index (χ1) is 14.0. The Labute approximate surface area is 169 Å². The molecule has 0 spiro atoms. The number of aromatic nitrogens is 3. The maximum atomic E-state index is 14.8. The first kappa shape index (κ1) is 19.1. The minimum atomic E-state index is -0.567. The molecule has 150 valence electrons. The van der Waals surface area contributed by atoms with Gasteiger partial charge in [-0.05, 0) is 24.3 Å². The van der Waals surface area contributed by atoms with Crippen molar-refractivity contribution in [3.63, 3.8) is 0 Å². The fourth-order valence-electron chi connectivity index (χ4n) is 3.02. The predicted molar refractivity (Wildman–Crippen MR) is 105 cm³/mol. The molecule has 8 nitrogen and oxygen atoms in total. The van der Waals surface area contributed by atoms with E-state index in [2.05, 4.69) is 15.4 Å². The van der Waals surface area contributed by atoms with E-state index in [1.165, 1.54) is 29.2 Å². The smallest absolute Gasteiger partial charge is 0.414 e. The van der Waals surface area contributed by atoms with E-state index in [4.69, 9.17) is 4.74 Å². The third kappa shape index (κ3) is 4.27. The van der Waals surface area contributed by atoms with Crippen molar-refractivity contribution < 1.29 is 18.7 Å². The number of ether oxygens (including phenoxy) is 1. The summed E-state index contributed by atoms with van der Waals surface area (Å²) in [4.78, 5) is 29.0. The lowest BCUT2D eigenvalue weighted by Gasteiger charge is -2.14. The van der Waals surface area contributed by atoms with Crippen LogP contribution in [0, 0.1) is 5.82 Å². The SMILES string of the molecule is CC(=O)NCC1CN(c2ccc(-c3csc(Cn4cccn4)n3)c(F)c2)C(=O)O1. The molecule has 29 heavy (non-hydrogen) atoms. The predicted octanol–water partition coefficient (Wildman–Crippen LogP) is 2.66. The molecule has 0 bridgehead atoms. The molecule has 1 aromatic carbocycles. The van der Waals surface area contributed by atoms with Gasteiger partial charge >= 0.3 is 6.09 Å². The first-order valence-electron chi connectivity index (χ1n) is 8.94. The third-order valence-electron chi connectivity index (χ3n) is 4.40. The lowest BCUT2D eigenvalue weighted by Crippen LogP contribution is -2.33. The molecule has 10 heteroatoms. The Morgan fingerprint density at radius 3 is 3.03 bits per heavy atom. The molecule has 1 aliphatic rings. The zero-order valence-corrected chi connectivity index (χ0v) is 16.4. The van der Waals surface area contributed by atoms with Crippen molar-refractivity contribution in [1.29, 1.82) is 0 Å².